The SMILES string of the molecule is CN(CCCC(=O)NCCSc1ccc(Cl)cc1)S(=O)(=O)c1ccc(F)cc1. The average molecular weight is 445 g/mol. The van der Waals surface area contributed by atoms with Crippen LogP contribution in [0.5, 0.6) is 0 Å². The Morgan fingerprint density at radius 2 is 1.79 bits per heavy atom. The molecule has 0 saturated carbocycles. The molecule has 2 rings (SSSR count). The molecule has 1 N–H and O–H groups in total. The predicted molar refractivity (Wildman–Crippen MR) is 111 cm³/mol. The van der Waals surface area contributed by atoms with Crippen LogP contribution in [0.2, 0.25) is 5.02 Å². The second-order valence-electron chi connectivity index (χ2n) is 6.04. The number of carbonyl (C=O) groups is 1. The molecule has 28 heavy (non-hydrogen) atoms. The molecule has 0 unspecified atom stereocenters. The molecule has 5 nitrogen and oxygen atoms in total. The zero-order valence-electron chi connectivity index (χ0n) is 15.4. The van der Waals surface area contributed by atoms with Gasteiger partial charge in [-0.15, -0.1) is 11.8 Å². The Bertz CT molecular complexity index is 875. The van der Waals surface area contributed by atoms with Crippen LogP contribution in [0.25, 0.3) is 0 Å². The molecule has 9 heteroatoms. The van der Waals surface area contributed by atoms with Gasteiger partial charge in [0.05, 0.1) is 4.90 Å². The smallest absolute Gasteiger partial charge is 0.242 e. The van der Waals surface area contributed by atoms with Crippen LogP contribution in [0, 0.1) is 5.82 Å². The van der Waals surface area contributed by atoms with Gasteiger partial charge in [-0.25, -0.2) is 17.1 Å². The highest BCUT2D eigenvalue weighted by molar-refractivity contribution is 7.99. The minimum atomic E-state index is -3.69. The Hall–Kier alpha value is -1.61. The van der Waals surface area contributed by atoms with Gasteiger partial charge in [0, 0.05) is 42.2 Å². The number of sulfonamides is 1. The summed E-state index contributed by atoms with van der Waals surface area (Å²) >= 11 is 7.45. The Kier molecular flexibility index (Phi) is 8.75. The lowest BCUT2D eigenvalue weighted by molar-refractivity contribution is -0.121. The van der Waals surface area contributed by atoms with E-state index in [1.165, 1.54) is 23.5 Å². The van der Waals surface area contributed by atoms with E-state index in [2.05, 4.69) is 5.32 Å². The van der Waals surface area contributed by atoms with Crippen molar-refractivity contribution in [3.05, 3.63) is 59.4 Å². The number of carbonyl (C=O) groups excluding carboxylic acids is 1. The summed E-state index contributed by atoms with van der Waals surface area (Å²) in [6, 6.07) is 12.2. The summed E-state index contributed by atoms with van der Waals surface area (Å²) < 4.78 is 38.9. The van der Waals surface area contributed by atoms with Crippen LogP contribution in [0.15, 0.2) is 58.3 Å². The fourth-order valence-corrected chi connectivity index (χ4v) is 4.45. The minimum absolute atomic E-state index is 0.0278. The highest BCUT2D eigenvalue weighted by Gasteiger charge is 2.20. The standard InChI is InChI=1S/C19H22ClFN2O3S2/c1-23(28(25,26)18-10-6-16(21)7-11-18)13-2-3-19(24)22-12-14-27-17-8-4-15(20)5-9-17/h4-11H,2-3,12-14H2,1H3,(H,22,24). The van der Waals surface area contributed by atoms with E-state index in [1.54, 1.807) is 11.8 Å². The second-order valence-corrected chi connectivity index (χ2v) is 9.69. The zero-order valence-corrected chi connectivity index (χ0v) is 17.8. The van der Waals surface area contributed by atoms with Crippen molar-refractivity contribution in [3.63, 3.8) is 0 Å². The highest BCUT2D eigenvalue weighted by atomic mass is 35.5. The molecule has 0 aliphatic rings. The molecule has 0 aromatic heterocycles. The molecule has 0 spiro atoms. The van der Waals surface area contributed by atoms with Crippen molar-refractivity contribution in [1.82, 2.24) is 9.62 Å². The van der Waals surface area contributed by atoms with Crippen LogP contribution in [0.1, 0.15) is 12.8 Å². The zero-order chi connectivity index (χ0) is 20.6. The van der Waals surface area contributed by atoms with Crippen molar-refractivity contribution in [2.75, 3.05) is 25.9 Å². The third-order valence-electron chi connectivity index (χ3n) is 3.91. The van der Waals surface area contributed by atoms with E-state index in [0.717, 1.165) is 22.8 Å². The molecule has 152 valence electrons. The van der Waals surface area contributed by atoms with Crippen LogP contribution in [-0.4, -0.2) is 44.5 Å². The number of thioether (sulfide) groups is 1. The lowest BCUT2D eigenvalue weighted by Gasteiger charge is -2.17. The summed E-state index contributed by atoms with van der Waals surface area (Å²) in [6.45, 7) is 0.725. The van der Waals surface area contributed by atoms with Gasteiger partial charge in [-0.05, 0) is 55.0 Å². The lowest BCUT2D eigenvalue weighted by Crippen LogP contribution is -2.30. The molecule has 0 bridgehead atoms. The fourth-order valence-electron chi connectivity index (χ4n) is 2.35. The van der Waals surface area contributed by atoms with Gasteiger partial charge in [0.25, 0.3) is 0 Å². The van der Waals surface area contributed by atoms with Crippen LogP contribution in [0.3, 0.4) is 0 Å². The molecule has 0 aliphatic carbocycles. The Morgan fingerprint density at radius 3 is 2.43 bits per heavy atom. The molecule has 0 fully saturated rings. The monoisotopic (exact) mass is 444 g/mol. The third-order valence-corrected chi connectivity index (χ3v) is 7.04. The fraction of sp³-hybridized carbons (Fsp3) is 0.316. The summed E-state index contributed by atoms with van der Waals surface area (Å²) in [5.74, 6) is 0.114. The normalized spacial score (nSPS) is 11.6. The largest absolute Gasteiger partial charge is 0.355 e. The molecule has 0 aliphatic heterocycles. The number of benzene rings is 2. The quantitative estimate of drug-likeness (QED) is 0.447. The van der Waals surface area contributed by atoms with Crippen LogP contribution in [-0.2, 0) is 14.8 Å². The van der Waals surface area contributed by atoms with Crippen molar-refractivity contribution < 1.29 is 17.6 Å². The number of hydrogen-bond donors (Lipinski definition) is 1. The van der Waals surface area contributed by atoms with E-state index in [4.69, 9.17) is 11.6 Å². The van der Waals surface area contributed by atoms with E-state index < -0.39 is 15.8 Å². The average Bonchev–Trinajstić information content (AvgIpc) is 2.67. The third kappa shape index (κ3) is 7.09. The van der Waals surface area contributed by atoms with Gasteiger partial charge in [0.2, 0.25) is 15.9 Å². The van der Waals surface area contributed by atoms with E-state index in [9.17, 15) is 17.6 Å². The van der Waals surface area contributed by atoms with Gasteiger partial charge >= 0.3 is 0 Å². The summed E-state index contributed by atoms with van der Waals surface area (Å²) in [4.78, 5) is 13.0. The molecular formula is C19H22ClFN2O3S2. The van der Waals surface area contributed by atoms with Gasteiger partial charge in [0.1, 0.15) is 5.82 Å². The van der Waals surface area contributed by atoms with Crippen LogP contribution >= 0.6 is 23.4 Å². The van der Waals surface area contributed by atoms with Gasteiger partial charge in [-0.2, -0.15) is 0 Å². The van der Waals surface area contributed by atoms with Gasteiger partial charge in [-0.3, -0.25) is 4.79 Å². The first-order chi connectivity index (χ1) is 13.3. The summed E-state index contributed by atoms with van der Waals surface area (Å²) in [5, 5.41) is 3.50. The van der Waals surface area contributed by atoms with Crippen molar-refractivity contribution in [1.29, 1.82) is 0 Å². The van der Waals surface area contributed by atoms with Gasteiger partial charge < -0.3 is 5.32 Å². The number of nitrogens with zero attached hydrogens (tertiary/aromatic N) is 1. The van der Waals surface area contributed by atoms with Crippen molar-refractivity contribution in [3.8, 4) is 0 Å². The maximum atomic E-state index is 12.9. The number of hydrogen-bond acceptors (Lipinski definition) is 4. The first kappa shape index (κ1) is 22.7. The molecule has 2 aromatic rings. The molecule has 2 aromatic carbocycles. The molecule has 0 radical (unpaired) electrons. The molecule has 0 heterocycles. The highest BCUT2D eigenvalue weighted by Crippen LogP contribution is 2.19. The Morgan fingerprint density at radius 1 is 1.14 bits per heavy atom. The van der Waals surface area contributed by atoms with Gasteiger partial charge in [0.15, 0.2) is 0 Å². The first-order valence-corrected chi connectivity index (χ1v) is 11.5. The summed E-state index contributed by atoms with van der Waals surface area (Å²) in [6.07, 6.45) is 0.627. The molecule has 0 atom stereocenters. The van der Waals surface area contributed by atoms with Crippen LogP contribution in [0.4, 0.5) is 4.39 Å². The Labute approximate surface area is 174 Å². The molecular weight excluding hydrogens is 423 g/mol. The van der Waals surface area contributed by atoms with E-state index in [0.29, 0.717) is 18.0 Å². The lowest BCUT2D eigenvalue weighted by atomic mass is 10.3. The van der Waals surface area contributed by atoms with E-state index >= 15 is 0 Å². The molecule has 1 amide bonds. The number of rotatable bonds is 10. The molecule has 0 saturated heterocycles. The minimum Gasteiger partial charge on any atom is -0.355 e. The Balaban J connectivity index is 1.67. The van der Waals surface area contributed by atoms with Crippen molar-refractivity contribution in [2.45, 2.75) is 22.6 Å². The van der Waals surface area contributed by atoms with E-state index in [-0.39, 0.29) is 23.8 Å². The first-order valence-electron chi connectivity index (χ1n) is 8.66. The maximum Gasteiger partial charge on any atom is 0.242 e. The second kappa shape index (κ2) is 10.8. The maximum absolute atomic E-state index is 12.9. The number of nitrogens with one attached hydrogen (secondary N) is 1. The van der Waals surface area contributed by atoms with Gasteiger partial charge in [-0.1, -0.05) is 11.6 Å². The van der Waals surface area contributed by atoms with Crippen molar-refractivity contribution >= 4 is 39.3 Å². The van der Waals surface area contributed by atoms with Crippen molar-refractivity contribution in [2.24, 2.45) is 0 Å². The summed E-state index contributed by atoms with van der Waals surface area (Å²) in [5.41, 5.74) is 0. The number of halogens is 2. The summed E-state index contributed by atoms with van der Waals surface area (Å²) in [7, 11) is -2.24. The predicted octanol–water partition coefficient (Wildman–Crippen LogP) is 3.79. The van der Waals surface area contributed by atoms with Crippen LogP contribution < -0.4 is 5.32 Å². The number of amides is 1. The topological polar surface area (TPSA) is 66.5 Å². The van der Waals surface area contributed by atoms with E-state index in [1.807, 2.05) is 24.3 Å².